The van der Waals surface area contributed by atoms with Crippen molar-refractivity contribution in [2.75, 3.05) is 24.6 Å². The Kier molecular flexibility index (Phi) is 34.4. The van der Waals surface area contributed by atoms with Crippen molar-refractivity contribution >= 4 is 70.8 Å². The molecule has 0 amide bonds. The summed E-state index contributed by atoms with van der Waals surface area (Å²) in [7, 11) is 1.09. The summed E-state index contributed by atoms with van der Waals surface area (Å²) in [6.07, 6.45) is 6.22. The van der Waals surface area contributed by atoms with Crippen LogP contribution in [0.5, 0.6) is 0 Å². The van der Waals surface area contributed by atoms with E-state index in [9.17, 15) is 0 Å². The molecular formula is C68H86O4P4Ru+2. The summed E-state index contributed by atoms with van der Waals surface area (Å²) in [6.45, 7) is 19.5. The van der Waals surface area contributed by atoms with Gasteiger partial charge in [-0.2, -0.15) is 0 Å². The van der Waals surface area contributed by atoms with Crippen LogP contribution in [-0.2, 0) is 24.3 Å². The fraction of sp³-hybridized carbons (Fsp3) is 0.250. The standard InChI is InChI=1S/C29H31P3.C19H25P.C12H10.C4H8.C2H6O2.C2H4O2.Ru/c1-29(22-30,23-31(25-14-6-2-7-15-25)26-16-8-3-9-17-26)24-32(27-18-10-4-11-19-27)28-20-12-5-13-21-28;1-4-19(3,5-2)16-20(17-12-8-6-9-13-17)18-14-10-7-11-15-18;1-3-7-11(8-4-1)12-9-5-2-6-10-12;1-4(2)3;2*1-2(3)4;/h2-21H,22-24,30H2,1H3;6-15H,4-5,16H2,1-3H3;1-10H;1H2,2-3H3;2-4H,1H3;1H3,(H,3,4);/p+2. The Morgan fingerprint density at radius 3 is 0.909 bits per heavy atom. The van der Waals surface area contributed by atoms with E-state index in [0.717, 1.165) is 13.1 Å². The summed E-state index contributed by atoms with van der Waals surface area (Å²) in [5.41, 5.74) is 4.42. The molecule has 0 heterocycles. The molecule has 4 nitrogen and oxygen atoms in total. The Balaban J connectivity index is 0.000000382. The summed E-state index contributed by atoms with van der Waals surface area (Å²) in [4.78, 5) is 9.00. The molecule has 77 heavy (non-hydrogen) atoms. The minimum absolute atomic E-state index is 0. The molecule has 0 radical (unpaired) electrons. The largest absolute Gasteiger partial charge is 0.481 e. The van der Waals surface area contributed by atoms with E-state index in [-0.39, 0.29) is 32.8 Å². The van der Waals surface area contributed by atoms with Gasteiger partial charge >= 0.3 is 0 Å². The molecule has 0 aliphatic rings. The zero-order valence-electron chi connectivity index (χ0n) is 46.7. The van der Waals surface area contributed by atoms with Gasteiger partial charge in [0.2, 0.25) is 0 Å². The number of carboxylic acid groups (broad SMARTS) is 1. The van der Waals surface area contributed by atoms with Gasteiger partial charge < -0.3 is 15.3 Å². The Bertz CT molecular complexity index is 2450. The molecule has 8 rings (SSSR count). The summed E-state index contributed by atoms with van der Waals surface area (Å²) in [5, 5.41) is 31.7. The van der Waals surface area contributed by atoms with Crippen LogP contribution in [-0.4, -0.2) is 52.2 Å². The first-order chi connectivity index (χ1) is 36.5. The Morgan fingerprint density at radius 2 is 0.701 bits per heavy atom. The van der Waals surface area contributed by atoms with Gasteiger partial charge in [-0.3, -0.25) is 4.79 Å². The van der Waals surface area contributed by atoms with Crippen molar-refractivity contribution in [1.29, 1.82) is 0 Å². The molecule has 0 aliphatic carbocycles. The molecule has 0 saturated heterocycles. The average molecular weight is 1190 g/mol. The molecule has 0 spiro atoms. The van der Waals surface area contributed by atoms with E-state index in [1.165, 1.54) is 86.8 Å². The SMILES string of the molecule is C=C(C)C.CC(=O)O.CC(CP)(C[PH+](c1ccccc1)c1ccccc1)C[PH+](c1ccccc1)c1ccccc1.CC(O)O.CCC(C)(CC)CP(c1ccccc1)c1ccccc1.[Ru].c1ccc(-c2ccccc2)cc1. The van der Waals surface area contributed by atoms with E-state index in [4.69, 9.17) is 20.1 Å². The predicted octanol–water partition coefficient (Wildman–Crippen LogP) is 14.9. The van der Waals surface area contributed by atoms with Gasteiger partial charge in [0.25, 0.3) is 5.97 Å². The second-order valence-corrected chi connectivity index (χ2v) is 27.2. The third-order valence-electron chi connectivity index (χ3n) is 12.5. The van der Waals surface area contributed by atoms with Crippen LogP contribution >= 0.6 is 33.0 Å². The minimum Gasteiger partial charge on any atom is -0.481 e. The van der Waals surface area contributed by atoms with Gasteiger partial charge in [0.05, 0.1) is 49.4 Å². The van der Waals surface area contributed by atoms with Crippen LogP contribution in [0, 0.1) is 10.8 Å². The Hall–Kier alpha value is -4.77. The van der Waals surface area contributed by atoms with Crippen LogP contribution in [0.1, 0.15) is 68.2 Å². The number of allylic oxidation sites excluding steroid dienone is 1. The van der Waals surface area contributed by atoms with Crippen LogP contribution in [0.25, 0.3) is 11.1 Å². The van der Waals surface area contributed by atoms with Crippen molar-refractivity contribution in [2.45, 2.75) is 74.5 Å². The first-order valence-corrected chi connectivity index (χ1v) is 32.1. The maximum atomic E-state index is 9.00. The molecule has 3 N–H and O–H groups in total. The van der Waals surface area contributed by atoms with Crippen molar-refractivity contribution in [2.24, 2.45) is 10.8 Å². The second-order valence-electron chi connectivity index (χ2n) is 19.7. The zero-order chi connectivity index (χ0) is 55.6. The first kappa shape index (κ1) is 68.3. The molecular weight excluding hydrogens is 1110 g/mol. The van der Waals surface area contributed by atoms with Crippen LogP contribution in [0.15, 0.2) is 255 Å². The van der Waals surface area contributed by atoms with Crippen LogP contribution in [0.2, 0.25) is 0 Å². The third kappa shape index (κ3) is 27.6. The summed E-state index contributed by atoms with van der Waals surface area (Å²) in [5.74, 6) is -0.833. The Labute approximate surface area is 483 Å². The van der Waals surface area contributed by atoms with Crippen LogP contribution < -0.4 is 31.8 Å². The van der Waals surface area contributed by atoms with Crippen molar-refractivity contribution in [3.05, 3.63) is 255 Å². The van der Waals surface area contributed by atoms with Crippen molar-refractivity contribution in [3.63, 3.8) is 0 Å². The Morgan fingerprint density at radius 1 is 0.494 bits per heavy atom. The van der Waals surface area contributed by atoms with E-state index >= 15 is 0 Å². The van der Waals surface area contributed by atoms with Gasteiger partial charge in [-0.25, -0.2) is 0 Å². The van der Waals surface area contributed by atoms with Crippen molar-refractivity contribution < 1.29 is 39.6 Å². The fourth-order valence-corrected chi connectivity index (χ4v) is 18.2. The van der Waals surface area contributed by atoms with Crippen molar-refractivity contribution in [3.8, 4) is 11.1 Å². The minimum atomic E-state index is -1.17. The topological polar surface area (TPSA) is 77.8 Å². The van der Waals surface area contributed by atoms with E-state index in [1.807, 2.05) is 26.0 Å². The van der Waals surface area contributed by atoms with E-state index in [1.54, 1.807) is 0 Å². The number of aliphatic carboxylic acids is 1. The number of hydrogen-bond donors (Lipinski definition) is 3. The molecule has 8 aromatic rings. The summed E-state index contributed by atoms with van der Waals surface area (Å²) in [6, 6.07) is 87.7. The molecule has 1 atom stereocenters. The monoisotopic (exact) mass is 1190 g/mol. The van der Waals surface area contributed by atoms with Crippen LogP contribution in [0.3, 0.4) is 0 Å². The number of rotatable bonds is 16. The summed E-state index contributed by atoms with van der Waals surface area (Å²) >= 11 is 0. The molecule has 408 valence electrons. The molecule has 9 heteroatoms. The van der Waals surface area contributed by atoms with Gasteiger partial charge in [0, 0.05) is 31.8 Å². The van der Waals surface area contributed by atoms with Crippen molar-refractivity contribution in [1.82, 2.24) is 0 Å². The van der Waals surface area contributed by atoms with E-state index < -0.39 is 28.1 Å². The number of aliphatic hydroxyl groups is 2. The first-order valence-electron chi connectivity index (χ1n) is 26.3. The number of hydrogen-bond acceptors (Lipinski definition) is 3. The number of aliphatic hydroxyl groups excluding tert-OH is 1. The molecule has 0 bridgehead atoms. The molecule has 8 aromatic carbocycles. The third-order valence-corrected chi connectivity index (χ3v) is 22.9. The molecule has 0 fully saturated rings. The number of carbonyl (C=O) groups is 1. The van der Waals surface area contributed by atoms with E-state index in [0.29, 0.717) is 5.41 Å². The maximum Gasteiger partial charge on any atom is 0.300 e. The number of benzene rings is 8. The van der Waals surface area contributed by atoms with Gasteiger partial charge in [0.15, 0.2) is 0 Å². The number of carboxylic acids is 1. The molecule has 0 saturated carbocycles. The van der Waals surface area contributed by atoms with Gasteiger partial charge in [-0.05, 0) is 117 Å². The van der Waals surface area contributed by atoms with E-state index in [2.05, 4.69) is 274 Å². The normalized spacial score (nSPS) is 10.6. The van der Waals surface area contributed by atoms with Gasteiger partial charge in [0.1, 0.15) is 6.29 Å². The second kappa shape index (κ2) is 38.7. The fourth-order valence-electron chi connectivity index (χ4n) is 8.02. The molecule has 0 aliphatic heterocycles. The molecule has 0 aromatic heterocycles. The molecule has 1 unspecified atom stereocenters. The summed E-state index contributed by atoms with van der Waals surface area (Å²) < 4.78 is 0. The maximum absolute atomic E-state index is 9.00. The van der Waals surface area contributed by atoms with Gasteiger partial charge in [-0.15, -0.1) is 15.8 Å². The average Bonchev–Trinajstić information content (AvgIpc) is 3.45. The predicted molar refractivity (Wildman–Crippen MR) is 346 cm³/mol. The quantitative estimate of drug-likeness (QED) is 0.0390. The van der Waals surface area contributed by atoms with Gasteiger partial charge in [-0.1, -0.05) is 240 Å². The smallest absolute Gasteiger partial charge is 0.300 e. The van der Waals surface area contributed by atoms with Crippen LogP contribution in [0.4, 0.5) is 0 Å². The zero-order valence-corrected chi connectivity index (χ0v) is 52.5.